The predicted octanol–water partition coefficient (Wildman–Crippen LogP) is 1.00. The van der Waals surface area contributed by atoms with Crippen LogP contribution in [0.4, 0.5) is 0 Å². The number of benzene rings is 1. The number of hydrogen-bond donors (Lipinski definition) is 1. The number of nitrogens with two attached hydrogens (primary N) is 1. The zero-order valence-electron chi connectivity index (χ0n) is 6.52. The van der Waals surface area contributed by atoms with E-state index in [0.29, 0.717) is 0 Å². The van der Waals surface area contributed by atoms with Gasteiger partial charge in [-0.3, -0.25) is 0 Å². The van der Waals surface area contributed by atoms with E-state index in [1.165, 1.54) is 12.1 Å². The SMILES string of the molecule is Cc1ccc([S+]([O])(=O)ON)cc1. The van der Waals surface area contributed by atoms with Crippen molar-refractivity contribution in [2.45, 2.75) is 11.8 Å². The molecule has 1 atom stereocenters. The van der Waals surface area contributed by atoms with Crippen molar-refractivity contribution in [2.75, 3.05) is 0 Å². The molecule has 12 heavy (non-hydrogen) atoms. The first-order chi connectivity index (χ1) is 5.56. The molecule has 5 heteroatoms. The second-order valence-electron chi connectivity index (χ2n) is 2.36. The maximum atomic E-state index is 11.0. The largest absolute Gasteiger partial charge is 0.447 e. The Kier molecular flexibility index (Phi) is 2.58. The van der Waals surface area contributed by atoms with Crippen molar-refractivity contribution in [1.82, 2.24) is 0 Å². The van der Waals surface area contributed by atoms with E-state index in [1.54, 1.807) is 12.1 Å². The lowest BCUT2D eigenvalue weighted by Gasteiger charge is -1.95. The lowest BCUT2D eigenvalue weighted by molar-refractivity contribution is 0.261. The van der Waals surface area contributed by atoms with Crippen LogP contribution in [-0.4, -0.2) is 0 Å². The highest BCUT2D eigenvalue weighted by molar-refractivity contribution is 7.92. The molecule has 1 radical (unpaired) electrons. The molecule has 4 nitrogen and oxygen atoms in total. The van der Waals surface area contributed by atoms with Crippen LogP contribution in [0.2, 0.25) is 0 Å². The van der Waals surface area contributed by atoms with Gasteiger partial charge in [-0.15, -0.1) is 0 Å². The summed E-state index contributed by atoms with van der Waals surface area (Å²) in [4.78, 5) is 0.0654. The molecule has 0 fully saturated rings. The van der Waals surface area contributed by atoms with Gasteiger partial charge in [-0.25, -0.2) is 0 Å². The molecule has 0 aliphatic rings. The standard InChI is InChI=1S/C7H9NO3S/c1-6-2-4-7(5-3-6)12(9,10)11-8/h2-5H,8H2,1H3/q+1. The van der Waals surface area contributed by atoms with E-state index in [1.807, 2.05) is 6.92 Å². The average Bonchev–Trinajstić information content (AvgIpc) is 2.05. The molecule has 0 heterocycles. The van der Waals surface area contributed by atoms with Gasteiger partial charge in [0.25, 0.3) is 0 Å². The average molecular weight is 187 g/mol. The zero-order chi connectivity index (χ0) is 9.19. The number of hydrogen-bond acceptors (Lipinski definition) is 3. The Hall–Kier alpha value is -0.750. The monoisotopic (exact) mass is 187 g/mol. The molecule has 0 saturated heterocycles. The van der Waals surface area contributed by atoms with Gasteiger partial charge >= 0.3 is 10.5 Å². The maximum absolute atomic E-state index is 11.0. The topological polar surface area (TPSA) is 72.2 Å². The van der Waals surface area contributed by atoms with Crippen LogP contribution in [0.3, 0.4) is 0 Å². The lowest BCUT2D eigenvalue weighted by atomic mass is 10.2. The van der Waals surface area contributed by atoms with E-state index in [2.05, 4.69) is 10.2 Å². The summed E-state index contributed by atoms with van der Waals surface area (Å²) in [6.45, 7) is 1.86. The second kappa shape index (κ2) is 3.32. The van der Waals surface area contributed by atoms with Gasteiger partial charge in [0.05, 0.1) is 4.55 Å². The van der Waals surface area contributed by atoms with Crippen molar-refractivity contribution in [3.8, 4) is 0 Å². The lowest BCUT2D eigenvalue weighted by Crippen LogP contribution is -2.16. The van der Waals surface area contributed by atoms with Crippen molar-refractivity contribution in [3.63, 3.8) is 0 Å². The van der Waals surface area contributed by atoms with E-state index in [9.17, 15) is 8.76 Å². The van der Waals surface area contributed by atoms with Crippen molar-refractivity contribution in [1.29, 1.82) is 0 Å². The summed E-state index contributed by atoms with van der Waals surface area (Å²) in [7, 11) is -3.74. The minimum atomic E-state index is -3.74. The Morgan fingerprint density at radius 1 is 1.33 bits per heavy atom. The van der Waals surface area contributed by atoms with Crippen molar-refractivity contribution in [2.24, 2.45) is 5.90 Å². The fourth-order valence-corrected chi connectivity index (χ4v) is 1.34. The number of aryl methyl sites for hydroxylation is 1. The highest BCUT2D eigenvalue weighted by Crippen LogP contribution is 2.16. The summed E-state index contributed by atoms with van der Waals surface area (Å²) in [6, 6.07) is 6.23. The summed E-state index contributed by atoms with van der Waals surface area (Å²) in [5, 5.41) is 0. The highest BCUT2D eigenvalue weighted by Gasteiger charge is 2.33. The molecule has 1 unspecified atom stereocenters. The molecule has 1 aromatic carbocycles. The Morgan fingerprint density at radius 2 is 1.83 bits per heavy atom. The third-order valence-corrected chi connectivity index (χ3v) is 2.54. The first kappa shape index (κ1) is 9.34. The first-order valence-electron chi connectivity index (χ1n) is 3.26. The minimum absolute atomic E-state index is 0.0654. The normalized spacial score (nSPS) is 15.6. The molecule has 0 saturated carbocycles. The van der Waals surface area contributed by atoms with Gasteiger partial charge in [-0.1, -0.05) is 17.7 Å². The molecule has 0 bridgehead atoms. The van der Waals surface area contributed by atoms with E-state index in [4.69, 9.17) is 0 Å². The molecule has 0 amide bonds. The van der Waals surface area contributed by atoms with Gasteiger partial charge < -0.3 is 0 Å². The summed E-state index contributed by atoms with van der Waals surface area (Å²) < 4.78 is 25.8. The summed E-state index contributed by atoms with van der Waals surface area (Å²) >= 11 is 0. The van der Waals surface area contributed by atoms with Crippen LogP contribution >= 0.6 is 0 Å². The van der Waals surface area contributed by atoms with E-state index in [0.717, 1.165) is 5.56 Å². The molecule has 0 aromatic heterocycles. The van der Waals surface area contributed by atoms with Crippen molar-refractivity contribution >= 4 is 10.5 Å². The van der Waals surface area contributed by atoms with Crippen LogP contribution in [0.25, 0.3) is 0 Å². The predicted molar refractivity (Wildman–Crippen MR) is 43.5 cm³/mol. The molecule has 2 N–H and O–H groups in total. The van der Waals surface area contributed by atoms with E-state index in [-0.39, 0.29) is 4.90 Å². The third-order valence-electron chi connectivity index (χ3n) is 1.44. The first-order valence-corrected chi connectivity index (χ1v) is 4.67. The molecular weight excluding hydrogens is 178 g/mol. The zero-order valence-corrected chi connectivity index (χ0v) is 7.34. The summed E-state index contributed by atoms with van der Waals surface area (Å²) in [5.74, 6) is 4.59. The molecule has 0 aliphatic carbocycles. The Bertz CT molecular complexity index is 309. The molecule has 1 aromatic rings. The van der Waals surface area contributed by atoms with Crippen LogP contribution in [-0.2, 0) is 23.5 Å². The van der Waals surface area contributed by atoms with E-state index >= 15 is 0 Å². The number of rotatable bonds is 2. The fraction of sp³-hybridized carbons (Fsp3) is 0.143. The molecular formula is C7H9NO3S+. The maximum Gasteiger partial charge on any atom is 0.447 e. The molecule has 0 aliphatic heterocycles. The van der Waals surface area contributed by atoms with Crippen LogP contribution in [0.15, 0.2) is 29.2 Å². The summed E-state index contributed by atoms with van der Waals surface area (Å²) in [6.07, 6.45) is 0. The van der Waals surface area contributed by atoms with Crippen LogP contribution in [0.5, 0.6) is 0 Å². The van der Waals surface area contributed by atoms with Gasteiger partial charge in [0.1, 0.15) is 0 Å². The fourth-order valence-electron chi connectivity index (χ4n) is 0.760. The smallest absolute Gasteiger partial charge is 0.160 e. The summed E-state index contributed by atoms with van der Waals surface area (Å²) in [5.41, 5.74) is 0.978. The molecule has 1 rings (SSSR count). The minimum Gasteiger partial charge on any atom is -0.160 e. The molecule has 65 valence electrons. The van der Waals surface area contributed by atoms with Crippen LogP contribution in [0, 0.1) is 6.92 Å². The van der Waals surface area contributed by atoms with Gasteiger partial charge in [0.15, 0.2) is 0 Å². The second-order valence-corrected chi connectivity index (χ2v) is 3.94. The van der Waals surface area contributed by atoms with Gasteiger partial charge in [0, 0.05) is 0 Å². The van der Waals surface area contributed by atoms with Crippen LogP contribution < -0.4 is 5.90 Å². The van der Waals surface area contributed by atoms with Crippen LogP contribution in [0.1, 0.15) is 5.56 Å². The van der Waals surface area contributed by atoms with Crippen molar-refractivity contribution < 1.29 is 13.0 Å². The van der Waals surface area contributed by atoms with Gasteiger partial charge in [-0.2, -0.15) is 5.90 Å². The molecule has 0 spiro atoms. The van der Waals surface area contributed by atoms with Crippen molar-refractivity contribution in [3.05, 3.63) is 29.8 Å². The Labute approximate surface area is 71.8 Å². The Morgan fingerprint density at radius 3 is 2.25 bits per heavy atom. The Balaban J connectivity index is 3.05. The van der Waals surface area contributed by atoms with E-state index < -0.39 is 10.5 Å². The quantitative estimate of drug-likeness (QED) is 0.554. The van der Waals surface area contributed by atoms with Gasteiger partial charge in [-0.05, 0) is 27.5 Å². The van der Waals surface area contributed by atoms with Gasteiger partial charge in [0.2, 0.25) is 4.90 Å². The third kappa shape index (κ3) is 1.89. The highest BCUT2D eigenvalue weighted by atomic mass is 32.3.